The highest BCUT2D eigenvalue weighted by Gasteiger charge is 2.17. The Morgan fingerprint density at radius 3 is 1.08 bits per heavy atom. The first kappa shape index (κ1) is 47.1. The van der Waals surface area contributed by atoms with Crippen LogP contribution < -0.4 is 5.32 Å². The van der Waals surface area contributed by atoms with Gasteiger partial charge < -0.3 is 15.5 Å². The lowest BCUT2D eigenvalue weighted by Crippen LogP contribution is -2.45. The molecule has 0 radical (unpaired) electrons. The fraction of sp³-hybridized carbons (Fsp3) is 0.932. The molecule has 0 aromatic carbocycles. The summed E-state index contributed by atoms with van der Waals surface area (Å²) in [5.41, 5.74) is 0. The van der Waals surface area contributed by atoms with Crippen LogP contribution >= 0.6 is 0 Å². The Morgan fingerprint density at radius 2 is 0.771 bits per heavy atom. The summed E-state index contributed by atoms with van der Waals surface area (Å²) in [5.74, 6) is -0.0651. The number of unbranched alkanes of at least 4 members (excludes halogenated alkanes) is 33. The zero-order chi connectivity index (χ0) is 35.0. The molecule has 3 N–H and O–H groups in total. The van der Waals surface area contributed by atoms with E-state index in [0.29, 0.717) is 6.42 Å². The average Bonchev–Trinajstić information content (AvgIpc) is 3.09. The van der Waals surface area contributed by atoms with Crippen LogP contribution in [0.3, 0.4) is 0 Å². The Kier molecular flexibility index (Phi) is 39.8. The first-order valence-electron chi connectivity index (χ1n) is 21.9. The second-order valence-corrected chi connectivity index (χ2v) is 15.1. The Bertz CT molecular complexity index is 651. The summed E-state index contributed by atoms with van der Waals surface area (Å²) in [5, 5.41) is 22.7. The van der Waals surface area contributed by atoms with E-state index in [9.17, 15) is 15.0 Å². The van der Waals surface area contributed by atoms with E-state index in [-0.39, 0.29) is 12.5 Å². The van der Waals surface area contributed by atoms with E-state index in [0.717, 1.165) is 25.7 Å². The number of rotatable bonds is 40. The Balaban J connectivity index is 3.32. The molecule has 0 aliphatic carbocycles. The van der Waals surface area contributed by atoms with Crippen molar-refractivity contribution in [2.75, 3.05) is 6.61 Å². The molecule has 2 atom stereocenters. The molecule has 0 bridgehead atoms. The second kappa shape index (κ2) is 40.6. The van der Waals surface area contributed by atoms with E-state index >= 15 is 0 Å². The molecule has 0 aromatic rings. The zero-order valence-corrected chi connectivity index (χ0v) is 32.8. The molecule has 0 aromatic heterocycles. The van der Waals surface area contributed by atoms with Crippen LogP contribution in [0, 0.1) is 0 Å². The number of hydrogen-bond acceptors (Lipinski definition) is 3. The Labute approximate surface area is 301 Å². The van der Waals surface area contributed by atoms with Gasteiger partial charge in [-0.3, -0.25) is 4.79 Å². The third kappa shape index (κ3) is 36.4. The van der Waals surface area contributed by atoms with Gasteiger partial charge >= 0.3 is 0 Å². The summed E-state index contributed by atoms with van der Waals surface area (Å²) in [6.07, 6.45) is 50.8. The number of nitrogens with one attached hydrogen (secondary N) is 1. The molecule has 1 amide bonds. The highest BCUT2D eigenvalue weighted by atomic mass is 16.3. The minimum absolute atomic E-state index is 0.0651. The minimum Gasteiger partial charge on any atom is -0.394 e. The topological polar surface area (TPSA) is 69.6 Å². The standard InChI is InChI=1S/C44H87NO3/c1-3-5-7-9-11-12-13-14-15-16-17-18-19-20-21-22-23-24-25-26-27-28-29-30-31-32-33-34-36-38-40-44(48)45-42(41-46)43(47)39-37-35-10-8-6-4-2/h37,39,42-43,46-47H,3-36,38,40-41H2,1-2H3,(H,45,48)/b39-37+. The molecular formula is C44H87NO3. The van der Waals surface area contributed by atoms with Gasteiger partial charge in [-0.25, -0.2) is 0 Å². The van der Waals surface area contributed by atoms with Crippen LogP contribution in [0.4, 0.5) is 0 Å². The number of amides is 1. The van der Waals surface area contributed by atoms with Crippen LogP contribution in [0.25, 0.3) is 0 Å². The van der Waals surface area contributed by atoms with Crippen molar-refractivity contribution in [1.29, 1.82) is 0 Å². The van der Waals surface area contributed by atoms with Gasteiger partial charge in [-0.15, -0.1) is 0 Å². The highest BCUT2D eigenvalue weighted by molar-refractivity contribution is 5.76. The van der Waals surface area contributed by atoms with Crippen LogP contribution in [0.5, 0.6) is 0 Å². The number of allylic oxidation sites excluding steroid dienone is 1. The van der Waals surface area contributed by atoms with Gasteiger partial charge in [-0.05, 0) is 19.3 Å². The van der Waals surface area contributed by atoms with Crippen LogP contribution in [0.2, 0.25) is 0 Å². The maximum absolute atomic E-state index is 12.3. The van der Waals surface area contributed by atoms with Gasteiger partial charge in [0.05, 0.1) is 18.8 Å². The predicted molar refractivity (Wildman–Crippen MR) is 212 cm³/mol. The molecule has 0 spiro atoms. The molecule has 48 heavy (non-hydrogen) atoms. The zero-order valence-electron chi connectivity index (χ0n) is 32.8. The molecule has 2 unspecified atom stereocenters. The van der Waals surface area contributed by atoms with Crippen LogP contribution in [-0.2, 0) is 4.79 Å². The summed E-state index contributed by atoms with van der Waals surface area (Å²) in [6.45, 7) is 4.25. The summed E-state index contributed by atoms with van der Waals surface area (Å²) in [6, 6.07) is -0.613. The smallest absolute Gasteiger partial charge is 0.220 e. The second-order valence-electron chi connectivity index (χ2n) is 15.1. The lowest BCUT2D eigenvalue weighted by molar-refractivity contribution is -0.123. The van der Waals surface area contributed by atoms with Gasteiger partial charge in [0.25, 0.3) is 0 Å². The van der Waals surface area contributed by atoms with Crippen molar-refractivity contribution in [3.8, 4) is 0 Å². The van der Waals surface area contributed by atoms with Gasteiger partial charge in [-0.1, -0.05) is 231 Å². The van der Waals surface area contributed by atoms with Gasteiger partial charge in [0.2, 0.25) is 5.91 Å². The molecule has 4 nitrogen and oxygen atoms in total. The molecule has 0 fully saturated rings. The summed E-state index contributed by atoms with van der Waals surface area (Å²) >= 11 is 0. The van der Waals surface area contributed by atoms with Crippen molar-refractivity contribution in [2.45, 2.75) is 257 Å². The van der Waals surface area contributed by atoms with Crippen molar-refractivity contribution in [3.63, 3.8) is 0 Å². The van der Waals surface area contributed by atoms with Crippen molar-refractivity contribution >= 4 is 5.91 Å². The number of carbonyl (C=O) groups is 1. The Hall–Kier alpha value is -0.870. The van der Waals surface area contributed by atoms with Gasteiger partial charge in [0, 0.05) is 6.42 Å². The van der Waals surface area contributed by atoms with Gasteiger partial charge in [-0.2, -0.15) is 0 Å². The molecule has 0 aliphatic rings. The van der Waals surface area contributed by atoms with E-state index in [1.54, 1.807) is 6.08 Å². The number of hydrogen-bond donors (Lipinski definition) is 3. The minimum atomic E-state index is -0.830. The predicted octanol–water partition coefficient (Wildman–Crippen LogP) is 13.5. The fourth-order valence-corrected chi connectivity index (χ4v) is 6.89. The normalized spacial score (nSPS) is 13.0. The number of aliphatic hydroxyl groups excluding tert-OH is 2. The van der Waals surface area contributed by atoms with Crippen LogP contribution in [0.1, 0.15) is 245 Å². The van der Waals surface area contributed by atoms with Crippen molar-refractivity contribution < 1.29 is 15.0 Å². The quantitative estimate of drug-likeness (QED) is 0.0446. The van der Waals surface area contributed by atoms with Crippen LogP contribution in [-0.4, -0.2) is 34.9 Å². The molecule has 286 valence electrons. The Morgan fingerprint density at radius 1 is 0.479 bits per heavy atom. The maximum Gasteiger partial charge on any atom is 0.220 e. The van der Waals surface area contributed by atoms with E-state index < -0.39 is 12.1 Å². The van der Waals surface area contributed by atoms with Crippen molar-refractivity contribution in [1.82, 2.24) is 5.32 Å². The molecule has 4 heteroatoms. The largest absolute Gasteiger partial charge is 0.394 e. The van der Waals surface area contributed by atoms with E-state index in [4.69, 9.17) is 0 Å². The van der Waals surface area contributed by atoms with E-state index in [2.05, 4.69) is 19.2 Å². The van der Waals surface area contributed by atoms with Gasteiger partial charge in [0.1, 0.15) is 0 Å². The fourth-order valence-electron chi connectivity index (χ4n) is 6.89. The highest BCUT2D eigenvalue weighted by Crippen LogP contribution is 2.17. The monoisotopic (exact) mass is 678 g/mol. The molecule has 0 rings (SSSR count). The molecule has 0 aliphatic heterocycles. The average molecular weight is 678 g/mol. The third-order valence-corrected chi connectivity index (χ3v) is 10.3. The van der Waals surface area contributed by atoms with Crippen molar-refractivity contribution in [3.05, 3.63) is 12.2 Å². The SMILES string of the molecule is CCCCCC/C=C/C(O)C(CO)NC(=O)CCCCCCCCCCCCCCCCCCCCCCCCCCCCCCCC. The van der Waals surface area contributed by atoms with Crippen molar-refractivity contribution in [2.24, 2.45) is 0 Å². The van der Waals surface area contributed by atoms with E-state index in [1.165, 1.54) is 199 Å². The molecular weight excluding hydrogens is 590 g/mol. The first-order valence-corrected chi connectivity index (χ1v) is 21.9. The number of aliphatic hydroxyl groups is 2. The third-order valence-electron chi connectivity index (χ3n) is 10.3. The molecule has 0 heterocycles. The van der Waals surface area contributed by atoms with Crippen LogP contribution in [0.15, 0.2) is 12.2 Å². The number of carbonyl (C=O) groups excluding carboxylic acids is 1. The maximum atomic E-state index is 12.3. The molecule has 0 saturated heterocycles. The summed E-state index contributed by atoms with van der Waals surface area (Å²) in [7, 11) is 0. The summed E-state index contributed by atoms with van der Waals surface area (Å²) in [4.78, 5) is 12.3. The molecule has 0 saturated carbocycles. The lowest BCUT2D eigenvalue weighted by atomic mass is 10.0. The first-order chi connectivity index (χ1) is 23.7. The summed E-state index contributed by atoms with van der Waals surface area (Å²) < 4.78 is 0. The van der Waals surface area contributed by atoms with Gasteiger partial charge in [0.15, 0.2) is 0 Å². The lowest BCUT2D eigenvalue weighted by Gasteiger charge is -2.20. The van der Waals surface area contributed by atoms with E-state index in [1.807, 2.05) is 6.08 Å².